The summed E-state index contributed by atoms with van der Waals surface area (Å²) in [7, 11) is 0. The quantitative estimate of drug-likeness (QED) is 0.803. The van der Waals surface area contributed by atoms with E-state index in [1.54, 1.807) is 16.3 Å². The van der Waals surface area contributed by atoms with E-state index in [1.807, 2.05) is 11.8 Å². The summed E-state index contributed by atoms with van der Waals surface area (Å²) in [5.41, 5.74) is 0.0536. The Balaban J connectivity index is 1.88. The van der Waals surface area contributed by atoms with Gasteiger partial charge in [-0.1, -0.05) is 31.0 Å². The Labute approximate surface area is 128 Å². The number of amides is 1. The van der Waals surface area contributed by atoms with Crippen LogP contribution >= 0.6 is 11.8 Å². The fraction of sp³-hybridized carbons (Fsp3) is 0.667. The Morgan fingerprint density at radius 2 is 2.19 bits per heavy atom. The van der Waals surface area contributed by atoms with Crippen molar-refractivity contribution < 1.29 is 4.79 Å². The lowest BCUT2D eigenvalue weighted by atomic mass is 9.94. The molecule has 1 amide bonds. The number of hydrogen-bond acceptors (Lipinski definition) is 4. The minimum atomic E-state index is -0.177. The molecule has 0 bridgehead atoms. The van der Waals surface area contributed by atoms with Gasteiger partial charge in [0.15, 0.2) is 5.16 Å². The molecule has 1 aliphatic carbocycles. The highest BCUT2D eigenvalue weighted by atomic mass is 32.2. The summed E-state index contributed by atoms with van der Waals surface area (Å²) in [6, 6.07) is 0.281. The molecule has 6 heteroatoms. The van der Waals surface area contributed by atoms with Crippen molar-refractivity contribution in [3.8, 4) is 0 Å². The molecule has 2 heterocycles. The number of hydrogen-bond donors (Lipinski definition) is 0. The van der Waals surface area contributed by atoms with E-state index in [4.69, 9.17) is 0 Å². The van der Waals surface area contributed by atoms with Gasteiger partial charge in [-0.3, -0.25) is 14.2 Å². The molecule has 0 atom stereocenters. The van der Waals surface area contributed by atoms with E-state index in [-0.39, 0.29) is 23.1 Å². The molecule has 0 saturated heterocycles. The molecule has 5 nitrogen and oxygen atoms in total. The highest BCUT2D eigenvalue weighted by molar-refractivity contribution is 7.99. The first kappa shape index (κ1) is 14.6. The Hall–Kier alpha value is -1.30. The summed E-state index contributed by atoms with van der Waals surface area (Å²) >= 11 is 1.57. The van der Waals surface area contributed by atoms with Crippen LogP contribution in [0.1, 0.15) is 49.4 Å². The average Bonchev–Trinajstić information content (AvgIpc) is 2.99. The topological polar surface area (TPSA) is 55.2 Å². The van der Waals surface area contributed by atoms with E-state index in [0.717, 1.165) is 23.8 Å². The second-order valence-electron chi connectivity index (χ2n) is 5.64. The van der Waals surface area contributed by atoms with Crippen LogP contribution in [0.2, 0.25) is 0 Å². The molecule has 21 heavy (non-hydrogen) atoms. The Morgan fingerprint density at radius 3 is 2.90 bits per heavy atom. The second kappa shape index (κ2) is 6.22. The predicted molar refractivity (Wildman–Crippen MR) is 82.8 cm³/mol. The van der Waals surface area contributed by atoms with Crippen molar-refractivity contribution in [1.82, 2.24) is 14.5 Å². The molecule has 1 aromatic rings. The van der Waals surface area contributed by atoms with Crippen LogP contribution in [0, 0.1) is 0 Å². The van der Waals surface area contributed by atoms with Gasteiger partial charge in [-0.25, -0.2) is 4.98 Å². The lowest BCUT2D eigenvalue weighted by Crippen LogP contribution is -2.44. The van der Waals surface area contributed by atoms with Crippen molar-refractivity contribution >= 4 is 17.7 Å². The lowest BCUT2D eigenvalue weighted by Gasteiger charge is -2.33. The van der Waals surface area contributed by atoms with Crippen LogP contribution in [0.15, 0.2) is 16.1 Å². The molecule has 1 saturated carbocycles. The SMILES string of the molecule is CCN(C(=O)c1cnc2n(c1=O)CCS2)C1CCCCC1. The zero-order valence-corrected chi connectivity index (χ0v) is 13.2. The van der Waals surface area contributed by atoms with Crippen molar-refractivity contribution in [2.24, 2.45) is 0 Å². The van der Waals surface area contributed by atoms with E-state index < -0.39 is 0 Å². The summed E-state index contributed by atoms with van der Waals surface area (Å²) < 4.78 is 1.63. The van der Waals surface area contributed by atoms with E-state index in [0.29, 0.717) is 13.1 Å². The van der Waals surface area contributed by atoms with Crippen LogP contribution in [0.25, 0.3) is 0 Å². The van der Waals surface area contributed by atoms with Gasteiger partial charge in [0.2, 0.25) is 0 Å². The molecule has 114 valence electrons. The van der Waals surface area contributed by atoms with Crippen molar-refractivity contribution in [1.29, 1.82) is 0 Å². The molecule has 2 aliphatic rings. The Bertz CT molecular complexity index is 593. The van der Waals surface area contributed by atoms with Crippen LogP contribution in [-0.4, -0.2) is 38.7 Å². The minimum Gasteiger partial charge on any atom is -0.336 e. The molecule has 0 aromatic carbocycles. The summed E-state index contributed by atoms with van der Waals surface area (Å²) in [6.45, 7) is 3.29. The van der Waals surface area contributed by atoms with Crippen molar-refractivity contribution in [3.63, 3.8) is 0 Å². The normalized spacial score (nSPS) is 18.5. The second-order valence-corrected chi connectivity index (χ2v) is 6.70. The molecule has 1 fully saturated rings. The molecule has 0 N–H and O–H groups in total. The number of carbonyl (C=O) groups is 1. The Kier molecular flexibility index (Phi) is 4.33. The van der Waals surface area contributed by atoms with Crippen molar-refractivity contribution in [2.45, 2.75) is 56.8 Å². The van der Waals surface area contributed by atoms with Gasteiger partial charge in [0.25, 0.3) is 11.5 Å². The van der Waals surface area contributed by atoms with Gasteiger partial charge in [-0.05, 0) is 19.8 Å². The van der Waals surface area contributed by atoms with Gasteiger partial charge in [0.1, 0.15) is 5.56 Å². The van der Waals surface area contributed by atoms with Crippen molar-refractivity contribution in [3.05, 3.63) is 22.1 Å². The standard InChI is InChI=1S/C15H21N3O2S/c1-2-17(11-6-4-3-5-7-11)13(19)12-10-16-15-18(14(12)20)8-9-21-15/h10-11H,2-9H2,1H3. The third-order valence-corrected chi connectivity index (χ3v) is 5.37. The maximum atomic E-state index is 12.8. The largest absolute Gasteiger partial charge is 0.336 e. The lowest BCUT2D eigenvalue weighted by molar-refractivity contribution is 0.0644. The van der Waals surface area contributed by atoms with Gasteiger partial charge >= 0.3 is 0 Å². The zero-order chi connectivity index (χ0) is 14.8. The van der Waals surface area contributed by atoms with Crippen molar-refractivity contribution in [2.75, 3.05) is 12.3 Å². The highest BCUT2D eigenvalue weighted by Gasteiger charge is 2.28. The molecule has 0 radical (unpaired) electrons. The number of fused-ring (bicyclic) bond motifs is 1. The third kappa shape index (κ3) is 2.73. The van der Waals surface area contributed by atoms with Crippen LogP contribution in [0.4, 0.5) is 0 Å². The fourth-order valence-corrected chi connectivity index (χ4v) is 4.19. The summed E-state index contributed by atoms with van der Waals surface area (Å²) in [5.74, 6) is 0.717. The first-order valence-corrected chi connectivity index (χ1v) is 8.74. The average molecular weight is 307 g/mol. The highest BCUT2D eigenvalue weighted by Crippen LogP contribution is 2.24. The predicted octanol–water partition coefficient (Wildman–Crippen LogP) is 2.14. The smallest absolute Gasteiger partial charge is 0.267 e. The van der Waals surface area contributed by atoms with E-state index in [1.165, 1.54) is 25.5 Å². The summed E-state index contributed by atoms with van der Waals surface area (Å²) in [4.78, 5) is 31.4. The third-order valence-electron chi connectivity index (χ3n) is 4.40. The Morgan fingerprint density at radius 1 is 1.43 bits per heavy atom. The number of nitrogens with zero attached hydrogens (tertiary/aromatic N) is 3. The maximum absolute atomic E-state index is 12.8. The number of rotatable bonds is 3. The van der Waals surface area contributed by atoms with Gasteiger partial charge in [0.05, 0.1) is 0 Å². The molecule has 0 unspecified atom stereocenters. The van der Waals surface area contributed by atoms with E-state index in [2.05, 4.69) is 4.98 Å². The number of aromatic nitrogens is 2. The molecular weight excluding hydrogens is 286 g/mol. The van der Waals surface area contributed by atoms with Gasteiger partial charge in [0, 0.05) is 31.1 Å². The first-order chi connectivity index (χ1) is 10.2. The number of thioether (sulfide) groups is 1. The summed E-state index contributed by atoms with van der Waals surface area (Å²) in [6.07, 6.45) is 7.17. The number of carbonyl (C=O) groups excluding carboxylic acids is 1. The first-order valence-electron chi connectivity index (χ1n) is 7.76. The minimum absolute atomic E-state index is 0.144. The molecule has 1 aliphatic heterocycles. The molecular formula is C15H21N3O2S. The van der Waals surface area contributed by atoms with Crippen LogP contribution in [0.3, 0.4) is 0 Å². The van der Waals surface area contributed by atoms with E-state index >= 15 is 0 Å². The van der Waals surface area contributed by atoms with Gasteiger partial charge < -0.3 is 4.90 Å². The fourth-order valence-electron chi connectivity index (χ4n) is 3.28. The van der Waals surface area contributed by atoms with Crippen LogP contribution < -0.4 is 5.56 Å². The molecule has 3 rings (SSSR count). The maximum Gasteiger partial charge on any atom is 0.267 e. The molecule has 0 spiro atoms. The van der Waals surface area contributed by atoms with Crippen LogP contribution in [-0.2, 0) is 6.54 Å². The zero-order valence-electron chi connectivity index (χ0n) is 12.4. The summed E-state index contributed by atoms with van der Waals surface area (Å²) in [5, 5.41) is 0.734. The monoisotopic (exact) mass is 307 g/mol. The van der Waals surface area contributed by atoms with Gasteiger partial charge in [-0.15, -0.1) is 0 Å². The molecule has 1 aromatic heterocycles. The van der Waals surface area contributed by atoms with Crippen LogP contribution in [0.5, 0.6) is 0 Å². The van der Waals surface area contributed by atoms with E-state index in [9.17, 15) is 9.59 Å². The van der Waals surface area contributed by atoms with Gasteiger partial charge in [-0.2, -0.15) is 0 Å².